The van der Waals surface area contributed by atoms with Crippen LogP contribution in [-0.2, 0) is 9.53 Å². The van der Waals surface area contributed by atoms with E-state index in [9.17, 15) is 4.79 Å². The van der Waals surface area contributed by atoms with Gasteiger partial charge in [-0.1, -0.05) is 18.2 Å². The highest BCUT2D eigenvalue weighted by atomic mass is 16.6. The second kappa shape index (κ2) is 3.26. The predicted octanol–water partition coefficient (Wildman–Crippen LogP) is 1.01. The van der Waals surface area contributed by atoms with Gasteiger partial charge in [-0.2, -0.15) is 0 Å². The average Bonchev–Trinajstić information content (AvgIpc) is 2.54. The summed E-state index contributed by atoms with van der Waals surface area (Å²) < 4.78 is 4.63. The Morgan fingerprint density at radius 1 is 1.31 bits per heavy atom. The van der Waals surface area contributed by atoms with Crippen molar-refractivity contribution < 1.29 is 9.53 Å². The first-order valence-electron chi connectivity index (χ1n) is 3.90. The largest absolute Gasteiger partial charge is 0.437 e. The maximum atomic E-state index is 11.0. The maximum Gasteiger partial charge on any atom is 0.375 e. The number of esters is 1. The lowest BCUT2D eigenvalue weighted by Gasteiger charge is -2.01. The van der Waals surface area contributed by atoms with Crippen LogP contribution in [0.2, 0.25) is 0 Å². The summed E-state index contributed by atoms with van der Waals surface area (Å²) in [5.41, 5.74) is 0.833. The smallest absolute Gasteiger partial charge is 0.375 e. The number of hydrogen-bond acceptors (Lipinski definition) is 4. The molecule has 2 rings (SSSR count). The number of nitrogens with zero attached hydrogens (tertiary/aromatic N) is 1. The molecule has 4 heteroatoms. The van der Waals surface area contributed by atoms with Crippen molar-refractivity contribution in [3.63, 3.8) is 0 Å². The minimum atomic E-state index is -0.399. The van der Waals surface area contributed by atoms with E-state index in [2.05, 4.69) is 15.0 Å². The van der Waals surface area contributed by atoms with Crippen molar-refractivity contribution in [1.82, 2.24) is 0 Å². The zero-order chi connectivity index (χ0) is 9.10. The third-order valence-electron chi connectivity index (χ3n) is 1.65. The molecule has 0 saturated carbocycles. The number of amidine groups is 1. The van der Waals surface area contributed by atoms with Crippen LogP contribution in [0.15, 0.2) is 35.3 Å². The second-order valence-corrected chi connectivity index (χ2v) is 2.56. The van der Waals surface area contributed by atoms with Gasteiger partial charge in [0.15, 0.2) is 6.73 Å². The predicted molar refractivity (Wildman–Crippen MR) is 48.5 cm³/mol. The lowest BCUT2D eigenvalue weighted by molar-refractivity contribution is -0.133. The van der Waals surface area contributed by atoms with Crippen molar-refractivity contribution in [2.75, 3.05) is 12.0 Å². The number of hydrogen-bond donors (Lipinski definition) is 1. The summed E-state index contributed by atoms with van der Waals surface area (Å²) in [6.07, 6.45) is 0. The van der Waals surface area contributed by atoms with Crippen LogP contribution in [0.25, 0.3) is 0 Å². The molecule has 0 amide bonds. The van der Waals surface area contributed by atoms with Crippen molar-refractivity contribution in [2.24, 2.45) is 4.99 Å². The molecule has 0 fully saturated rings. The molecule has 1 aliphatic heterocycles. The van der Waals surface area contributed by atoms with Crippen LogP contribution in [0, 0.1) is 0 Å². The SMILES string of the molecule is O=C1OCN=C1Nc1ccccc1. The van der Waals surface area contributed by atoms with Crippen LogP contribution in [0.1, 0.15) is 0 Å². The minimum Gasteiger partial charge on any atom is -0.437 e. The second-order valence-electron chi connectivity index (χ2n) is 2.56. The topological polar surface area (TPSA) is 50.7 Å². The summed E-state index contributed by atoms with van der Waals surface area (Å²) >= 11 is 0. The lowest BCUT2D eigenvalue weighted by atomic mass is 10.3. The quantitative estimate of drug-likeness (QED) is 0.650. The number of carbonyl (C=O) groups is 1. The Balaban J connectivity index is 2.11. The number of cyclic esters (lactones) is 1. The molecule has 1 aliphatic rings. The highest BCUT2D eigenvalue weighted by Crippen LogP contribution is 2.07. The molecule has 66 valence electrons. The molecular weight excluding hydrogens is 168 g/mol. The molecule has 1 N–H and O–H groups in total. The van der Waals surface area contributed by atoms with Gasteiger partial charge in [0, 0.05) is 5.69 Å². The fourth-order valence-electron chi connectivity index (χ4n) is 1.04. The van der Waals surface area contributed by atoms with E-state index >= 15 is 0 Å². The highest BCUT2D eigenvalue weighted by Gasteiger charge is 2.18. The first kappa shape index (κ1) is 7.79. The average molecular weight is 176 g/mol. The van der Waals surface area contributed by atoms with E-state index < -0.39 is 5.97 Å². The normalized spacial score (nSPS) is 15.1. The highest BCUT2D eigenvalue weighted by molar-refractivity contribution is 6.41. The van der Waals surface area contributed by atoms with Gasteiger partial charge in [0.25, 0.3) is 0 Å². The summed E-state index contributed by atoms with van der Waals surface area (Å²) in [6, 6.07) is 9.37. The van der Waals surface area contributed by atoms with Crippen LogP contribution < -0.4 is 5.32 Å². The molecule has 13 heavy (non-hydrogen) atoms. The maximum absolute atomic E-state index is 11.0. The summed E-state index contributed by atoms with van der Waals surface area (Å²) in [6.45, 7) is 0.119. The van der Waals surface area contributed by atoms with Gasteiger partial charge in [0.1, 0.15) is 0 Å². The Hall–Kier alpha value is -1.84. The fraction of sp³-hybridized carbons (Fsp3) is 0.111. The minimum absolute atomic E-state index is 0.119. The van der Waals surface area contributed by atoms with Crippen molar-refractivity contribution in [3.8, 4) is 0 Å². The van der Waals surface area contributed by atoms with Gasteiger partial charge in [0.05, 0.1) is 0 Å². The molecule has 0 unspecified atom stereocenters. The van der Waals surface area contributed by atoms with Gasteiger partial charge in [-0.3, -0.25) is 0 Å². The van der Waals surface area contributed by atoms with E-state index in [0.29, 0.717) is 0 Å². The standard InChI is InChI=1S/C9H8N2O2/c12-9-8(10-6-13-9)11-7-4-2-1-3-5-7/h1-5H,6H2,(H,10,11). The van der Waals surface area contributed by atoms with E-state index in [4.69, 9.17) is 0 Å². The van der Waals surface area contributed by atoms with E-state index in [1.807, 2.05) is 30.3 Å². The van der Waals surface area contributed by atoms with Crippen molar-refractivity contribution >= 4 is 17.5 Å². The molecule has 0 atom stereocenters. The zero-order valence-corrected chi connectivity index (χ0v) is 6.86. The van der Waals surface area contributed by atoms with Crippen LogP contribution in [-0.4, -0.2) is 18.5 Å². The lowest BCUT2D eigenvalue weighted by Crippen LogP contribution is -2.19. The number of para-hydroxylation sites is 1. The summed E-state index contributed by atoms with van der Waals surface area (Å²) in [4.78, 5) is 14.8. The molecule has 0 aliphatic carbocycles. The van der Waals surface area contributed by atoms with Crippen molar-refractivity contribution in [1.29, 1.82) is 0 Å². The van der Waals surface area contributed by atoms with Gasteiger partial charge >= 0.3 is 5.97 Å². The van der Waals surface area contributed by atoms with Crippen LogP contribution in [0.4, 0.5) is 5.69 Å². The molecule has 1 heterocycles. The Morgan fingerprint density at radius 3 is 2.69 bits per heavy atom. The number of nitrogens with one attached hydrogen (secondary N) is 1. The summed E-state index contributed by atoms with van der Waals surface area (Å²) in [5.74, 6) is -0.130. The molecule has 1 aromatic carbocycles. The molecule has 0 spiro atoms. The van der Waals surface area contributed by atoms with Crippen molar-refractivity contribution in [3.05, 3.63) is 30.3 Å². The molecule has 0 aromatic heterocycles. The van der Waals surface area contributed by atoms with Gasteiger partial charge in [0.2, 0.25) is 5.84 Å². The van der Waals surface area contributed by atoms with Crippen LogP contribution >= 0.6 is 0 Å². The monoisotopic (exact) mass is 176 g/mol. The first-order chi connectivity index (χ1) is 6.36. The number of carbonyl (C=O) groups excluding carboxylic acids is 1. The molecule has 4 nitrogen and oxygen atoms in total. The number of anilines is 1. The van der Waals surface area contributed by atoms with Gasteiger partial charge < -0.3 is 10.1 Å². The van der Waals surface area contributed by atoms with E-state index in [0.717, 1.165) is 5.69 Å². The molecule has 0 bridgehead atoms. The third kappa shape index (κ3) is 1.66. The van der Waals surface area contributed by atoms with E-state index in [1.165, 1.54) is 0 Å². The molecular formula is C9H8N2O2. The molecule has 1 aromatic rings. The van der Waals surface area contributed by atoms with Crippen LogP contribution in [0.3, 0.4) is 0 Å². The van der Waals surface area contributed by atoms with E-state index in [-0.39, 0.29) is 12.6 Å². The Bertz CT molecular complexity index is 346. The molecule has 0 saturated heterocycles. The molecule has 0 radical (unpaired) electrons. The number of benzene rings is 1. The van der Waals surface area contributed by atoms with Gasteiger partial charge in [-0.15, -0.1) is 0 Å². The first-order valence-corrected chi connectivity index (χ1v) is 3.90. The Morgan fingerprint density at radius 2 is 2.08 bits per heavy atom. The van der Waals surface area contributed by atoms with E-state index in [1.54, 1.807) is 0 Å². The van der Waals surface area contributed by atoms with Gasteiger partial charge in [-0.05, 0) is 12.1 Å². The summed E-state index contributed by atoms with van der Waals surface area (Å²) in [7, 11) is 0. The van der Waals surface area contributed by atoms with Gasteiger partial charge in [-0.25, -0.2) is 9.79 Å². The summed E-state index contributed by atoms with van der Waals surface area (Å²) in [5, 5.41) is 2.87. The van der Waals surface area contributed by atoms with Crippen molar-refractivity contribution in [2.45, 2.75) is 0 Å². The Kier molecular flexibility index (Phi) is 1.96. The number of ether oxygens (including phenoxy) is 1. The Labute approximate surface area is 75.2 Å². The van der Waals surface area contributed by atoms with Crippen LogP contribution in [0.5, 0.6) is 0 Å². The number of rotatable bonds is 1. The zero-order valence-electron chi connectivity index (χ0n) is 6.86. The fourth-order valence-corrected chi connectivity index (χ4v) is 1.04. The third-order valence-corrected chi connectivity index (χ3v) is 1.65. The number of aliphatic imine (C=N–C) groups is 1.